The summed E-state index contributed by atoms with van der Waals surface area (Å²) in [6.07, 6.45) is 3.24. The monoisotopic (exact) mass is 477 g/mol. The van der Waals surface area contributed by atoms with Gasteiger partial charge in [-0.3, -0.25) is 19.2 Å². The van der Waals surface area contributed by atoms with Gasteiger partial charge in [-0.15, -0.1) is 0 Å². The molecular formula is C32H35N3O. The number of fused-ring (bicyclic) bond motifs is 3. The van der Waals surface area contributed by atoms with Crippen LogP contribution in [0.5, 0.6) is 0 Å². The molecule has 2 aliphatic rings. The van der Waals surface area contributed by atoms with Crippen molar-refractivity contribution in [3.63, 3.8) is 0 Å². The Labute approximate surface area is 214 Å². The Balaban J connectivity index is 1.19. The largest absolute Gasteiger partial charge is 0.292 e. The average molecular weight is 478 g/mol. The number of aromatic nitrogens is 1. The van der Waals surface area contributed by atoms with E-state index in [1.165, 1.54) is 27.8 Å². The maximum absolute atomic E-state index is 13.7. The molecule has 6 rings (SSSR count). The predicted octanol–water partition coefficient (Wildman–Crippen LogP) is 5.81. The van der Waals surface area contributed by atoms with E-state index in [1.807, 2.05) is 0 Å². The van der Waals surface area contributed by atoms with Gasteiger partial charge >= 0.3 is 0 Å². The maximum atomic E-state index is 13.7. The Morgan fingerprint density at radius 1 is 0.833 bits per heavy atom. The molecule has 2 heterocycles. The first-order chi connectivity index (χ1) is 17.7. The molecule has 1 aliphatic heterocycles. The van der Waals surface area contributed by atoms with Crippen molar-refractivity contribution in [2.75, 3.05) is 32.7 Å². The average Bonchev–Trinajstić information content (AvgIpc) is 3.25. The summed E-state index contributed by atoms with van der Waals surface area (Å²) in [6.45, 7) is 6.51. The van der Waals surface area contributed by atoms with Crippen LogP contribution < -0.4 is 0 Å². The molecule has 0 unspecified atom stereocenters. The number of hydrogen-bond acceptors (Lipinski definition) is 3. The minimum Gasteiger partial charge on any atom is -0.292 e. The number of benzene rings is 3. The highest BCUT2D eigenvalue weighted by molar-refractivity contribution is 5.97. The summed E-state index contributed by atoms with van der Waals surface area (Å²) in [5.74, 6) is 0.903. The summed E-state index contributed by atoms with van der Waals surface area (Å²) in [5.41, 5.74) is 6.40. The lowest BCUT2D eigenvalue weighted by atomic mass is 9.88. The topological polar surface area (TPSA) is 28.5 Å². The number of nitrogens with zero attached hydrogens (tertiary/aromatic N) is 3. The van der Waals surface area contributed by atoms with Crippen molar-refractivity contribution in [3.8, 4) is 0 Å². The van der Waals surface area contributed by atoms with Crippen molar-refractivity contribution in [3.05, 3.63) is 107 Å². The van der Waals surface area contributed by atoms with E-state index in [1.54, 1.807) is 0 Å². The molecule has 1 aromatic heterocycles. The molecule has 4 aromatic rings. The van der Waals surface area contributed by atoms with Crippen LogP contribution in [0.4, 0.5) is 0 Å². The smallest absolute Gasteiger partial charge is 0.245 e. The molecule has 0 saturated carbocycles. The third-order valence-electron chi connectivity index (χ3n) is 8.13. The number of para-hydroxylation sites is 1. The predicted molar refractivity (Wildman–Crippen MR) is 146 cm³/mol. The van der Waals surface area contributed by atoms with Crippen LogP contribution in [0.3, 0.4) is 0 Å². The number of piperazine rings is 1. The molecule has 4 heteroatoms. The second-order valence-corrected chi connectivity index (χ2v) is 10.6. The summed E-state index contributed by atoms with van der Waals surface area (Å²) in [4.78, 5) is 18.6. The van der Waals surface area contributed by atoms with Crippen LogP contribution in [0.25, 0.3) is 10.9 Å². The van der Waals surface area contributed by atoms with Crippen molar-refractivity contribution in [1.82, 2.24) is 14.4 Å². The molecule has 0 radical (unpaired) electrons. The molecule has 4 nitrogen and oxygen atoms in total. The van der Waals surface area contributed by atoms with Gasteiger partial charge in [0.15, 0.2) is 0 Å². The first-order valence-corrected chi connectivity index (χ1v) is 13.4. The van der Waals surface area contributed by atoms with E-state index >= 15 is 0 Å². The third-order valence-corrected chi connectivity index (χ3v) is 8.13. The zero-order chi connectivity index (χ0) is 24.5. The zero-order valence-electron chi connectivity index (χ0n) is 21.1. The molecule has 0 bridgehead atoms. The number of carbonyl (C=O) groups excluding carboxylic acids is 1. The summed E-state index contributed by atoms with van der Waals surface area (Å²) < 4.78 is 2.06. The van der Waals surface area contributed by atoms with Gasteiger partial charge in [0.2, 0.25) is 5.91 Å². The molecule has 1 atom stereocenters. The molecule has 36 heavy (non-hydrogen) atoms. The maximum Gasteiger partial charge on any atom is 0.245 e. The quantitative estimate of drug-likeness (QED) is 0.363. The first-order valence-electron chi connectivity index (χ1n) is 13.4. The van der Waals surface area contributed by atoms with Gasteiger partial charge in [-0.05, 0) is 47.9 Å². The van der Waals surface area contributed by atoms with Crippen LogP contribution in [0.15, 0.2) is 84.9 Å². The van der Waals surface area contributed by atoms with Crippen molar-refractivity contribution in [1.29, 1.82) is 0 Å². The van der Waals surface area contributed by atoms with E-state index < -0.39 is 0 Å². The number of carbonyl (C=O) groups is 1. The van der Waals surface area contributed by atoms with E-state index in [4.69, 9.17) is 0 Å². The fraction of sp³-hybridized carbons (Fsp3) is 0.344. The van der Waals surface area contributed by atoms with E-state index in [2.05, 4.69) is 106 Å². The van der Waals surface area contributed by atoms with E-state index in [-0.39, 0.29) is 11.9 Å². The molecule has 0 spiro atoms. The number of rotatable bonds is 5. The van der Waals surface area contributed by atoms with Crippen LogP contribution >= 0.6 is 0 Å². The Bertz CT molecular complexity index is 1300. The highest BCUT2D eigenvalue weighted by atomic mass is 16.2. The summed E-state index contributed by atoms with van der Waals surface area (Å²) in [7, 11) is 0. The van der Waals surface area contributed by atoms with Gasteiger partial charge < -0.3 is 0 Å². The van der Waals surface area contributed by atoms with Gasteiger partial charge in [-0.25, -0.2) is 0 Å². The van der Waals surface area contributed by atoms with Crippen molar-refractivity contribution in [2.24, 2.45) is 5.92 Å². The van der Waals surface area contributed by atoms with Gasteiger partial charge in [-0.2, -0.15) is 0 Å². The molecule has 1 aliphatic carbocycles. The molecule has 0 N–H and O–H groups in total. The second-order valence-electron chi connectivity index (χ2n) is 10.6. The third kappa shape index (κ3) is 4.40. The summed E-state index contributed by atoms with van der Waals surface area (Å²) >= 11 is 0. The summed E-state index contributed by atoms with van der Waals surface area (Å²) in [5, 5.41) is 1.27. The van der Waals surface area contributed by atoms with Crippen LogP contribution in [0.1, 0.15) is 46.6 Å². The zero-order valence-corrected chi connectivity index (χ0v) is 21.1. The number of hydrogen-bond donors (Lipinski definition) is 0. The lowest BCUT2D eigenvalue weighted by molar-refractivity contribution is 0.0739. The Morgan fingerprint density at radius 3 is 2.11 bits per heavy atom. The van der Waals surface area contributed by atoms with Crippen LogP contribution in [0, 0.1) is 5.92 Å². The molecule has 1 fully saturated rings. The highest BCUT2D eigenvalue weighted by Gasteiger charge is 2.29. The van der Waals surface area contributed by atoms with Crippen molar-refractivity contribution in [2.45, 2.75) is 32.2 Å². The highest BCUT2D eigenvalue weighted by Crippen LogP contribution is 2.34. The minimum absolute atomic E-state index is 0.220. The van der Waals surface area contributed by atoms with Crippen molar-refractivity contribution < 1.29 is 4.79 Å². The lowest BCUT2D eigenvalue weighted by Crippen LogP contribution is -2.49. The van der Waals surface area contributed by atoms with Gasteiger partial charge in [0.25, 0.3) is 0 Å². The lowest BCUT2D eigenvalue weighted by Gasteiger charge is -2.39. The second kappa shape index (κ2) is 10.0. The molecule has 0 amide bonds. The van der Waals surface area contributed by atoms with Gasteiger partial charge in [0.1, 0.15) is 0 Å². The van der Waals surface area contributed by atoms with Crippen molar-refractivity contribution >= 4 is 16.8 Å². The normalized spacial score (nSPS) is 19.0. The van der Waals surface area contributed by atoms with Gasteiger partial charge in [0, 0.05) is 37.3 Å². The molecule has 1 saturated heterocycles. The SMILES string of the molecule is C[C@@H]1CCc2c(c3ccccc3n2C(=O)CN2CCN(C(c3ccccc3)c3ccccc3)CC2)C1. The Morgan fingerprint density at radius 2 is 1.44 bits per heavy atom. The van der Waals surface area contributed by atoms with Gasteiger partial charge in [0.05, 0.1) is 18.1 Å². The Kier molecular flexibility index (Phi) is 6.47. The van der Waals surface area contributed by atoms with E-state index in [0.29, 0.717) is 12.5 Å². The van der Waals surface area contributed by atoms with Crippen LogP contribution in [-0.4, -0.2) is 53.0 Å². The fourth-order valence-electron chi connectivity index (χ4n) is 6.29. The molecular weight excluding hydrogens is 442 g/mol. The molecule has 3 aromatic carbocycles. The van der Waals surface area contributed by atoms with Gasteiger partial charge in [-0.1, -0.05) is 85.8 Å². The minimum atomic E-state index is 0.220. The fourth-order valence-corrected chi connectivity index (χ4v) is 6.29. The van der Waals surface area contributed by atoms with E-state index in [0.717, 1.165) is 51.0 Å². The molecule has 184 valence electrons. The standard InChI is InChI=1S/C32H35N3O/c1-24-16-17-30-28(22-24)27-14-8-9-15-29(27)35(30)31(36)23-33-18-20-34(21-19-33)32(25-10-4-2-5-11-25)26-12-6-3-7-13-26/h2-15,24,32H,16-23H2,1H3/t24-/m1/s1. The first kappa shape index (κ1) is 23.2. The van der Waals surface area contributed by atoms with Crippen LogP contribution in [0.2, 0.25) is 0 Å². The summed E-state index contributed by atoms with van der Waals surface area (Å²) in [6, 6.07) is 30.3. The van der Waals surface area contributed by atoms with Crippen LogP contribution in [-0.2, 0) is 12.8 Å². The Hall–Kier alpha value is -3.21. The van der Waals surface area contributed by atoms with E-state index in [9.17, 15) is 4.79 Å².